The molecule has 0 aliphatic carbocycles. The zero-order chi connectivity index (χ0) is 13.5. The summed E-state index contributed by atoms with van der Waals surface area (Å²) in [5, 5.41) is 0. The summed E-state index contributed by atoms with van der Waals surface area (Å²) in [5.74, 6) is 0. The summed E-state index contributed by atoms with van der Waals surface area (Å²) in [6, 6.07) is 0. The zero-order valence-electron chi connectivity index (χ0n) is 11.1. The fourth-order valence-electron chi connectivity index (χ4n) is 1.74. The lowest BCUT2D eigenvalue weighted by Crippen LogP contribution is -2.36. The second kappa shape index (κ2) is 6.70. The first-order chi connectivity index (χ1) is 9.31. The first kappa shape index (κ1) is 13.3. The van der Waals surface area contributed by atoms with E-state index in [1.54, 1.807) is 12.4 Å². The van der Waals surface area contributed by atoms with E-state index in [-0.39, 0.29) is 0 Å². The molecule has 0 fully saturated rings. The van der Waals surface area contributed by atoms with Crippen LogP contribution in [0.1, 0.15) is 0 Å². The second-order valence-electron chi connectivity index (χ2n) is 4.17. The molecule has 0 bridgehead atoms. The van der Waals surface area contributed by atoms with E-state index in [2.05, 4.69) is 22.3 Å². The van der Waals surface area contributed by atoms with E-state index in [9.17, 15) is 0 Å². The third kappa shape index (κ3) is 3.93. The lowest BCUT2D eigenvalue weighted by atomic mass is 10.6. The molecule has 100 valence electrons. The van der Waals surface area contributed by atoms with Crippen molar-refractivity contribution in [1.29, 1.82) is 0 Å². The Kier molecular flexibility index (Phi) is 4.69. The van der Waals surface area contributed by atoms with Crippen molar-refractivity contribution < 1.29 is 13.9 Å². The lowest BCUT2D eigenvalue weighted by molar-refractivity contribution is -0.704. The third-order valence-electron chi connectivity index (χ3n) is 2.83. The maximum Gasteiger partial charge on any atom is 0.248 e. The van der Waals surface area contributed by atoms with Crippen LogP contribution in [0, 0.1) is 0 Å². The van der Waals surface area contributed by atoms with Gasteiger partial charge in [0.1, 0.15) is 37.9 Å². The molecule has 0 unspecified atom stereocenters. The minimum atomic E-state index is 0.703. The maximum atomic E-state index is 5.62. The fraction of sp³-hybridized carbons (Fsp3) is 0.286. The Bertz CT molecular complexity index is 493. The van der Waals surface area contributed by atoms with Gasteiger partial charge in [-0.1, -0.05) is 13.2 Å². The highest BCUT2D eigenvalue weighted by molar-refractivity contribution is 5.13. The molecule has 2 heterocycles. The van der Waals surface area contributed by atoms with Gasteiger partial charge < -0.3 is 4.74 Å². The van der Waals surface area contributed by atoms with Gasteiger partial charge in [0, 0.05) is 0 Å². The SMILES string of the molecule is C=Cn1cc[n+](CCOCC[n+]2ccn(C=C)c2)c1. The molecule has 5 heteroatoms. The summed E-state index contributed by atoms with van der Waals surface area (Å²) in [6.07, 6.45) is 15.4. The van der Waals surface area contributed by atoms with Crippen LogP contribution in [0.3, 0.4) is 0 Å². The fourth-order valence-corrected chi connectivity index (χ4v) is 1.74. The van der Waals surface area contributed by atoms with Crippen molar-refractivity contribution in [2.24, 2.45) is 0 Å². The molecule has 2 aromatic rings. The topological polar surface area (TPSA) is 26.8 Å². The molecule has 19 heavy (non-hydrogen) atoms. The lowest BCUT2D eigenvalue weighted by Gasteiger charge is -2.00. The normalized spacial score (nSPS) is 10.5. The van der Waals surface area contributed by atoms with Crippen molar-refractivity contribution in [2.75, 3.05) is 13.2 Å². The smallest absolute Gasteiger partial charge is 0.248 e. The summed E-state index contributed by atoms with van der Waals surface area (Å²) in [7, 11) is 0. The summed E-state index contributed by atoms with van der Waals surface area (Å²) in [5.41, 5.74) is 0. The minimum Gasteiger partial charge on any atom is -0.373 e. The van der Waals surface area contributed by atoms with Gasteiger partial charge >= 0.3 is 0 Å². The highest BCUT2D eigenvalue weighted by atomic mass is 16.5. The Morgan fingerprint density at radius 3 is 1.74 bits per heavy atom. The van der Waals surface area contributed by atoms with Gasteiger partial charge in [0.2, 0.25) is 12.7 Å². The van der Waals surface area contributed by atoms with Crippen LogP contribution in [0.15, 0.2) is 50.6 Å². The molecule has 0 saturated carbocycles. The first-order valence-corrected chi connectivity index (χ1v) is 6.27. The molecule has 0 aromatic carbocycles. The number of nitrogens with zero attached hydrogens (tertiary/aromatic N) is 4. The molecule has 2 rings (SSSR count). The van der Waals surface area contributed by atoms with Gasteiger partial charge in [-0.3, -0.25) is 0 Å². The predicted octanol–water partition coefficient (Wildman–Crippen LogP) is 0.782. The second-order valence-corrected chi connectivity index (χ2v) is 4.17. The van der Waals surface area contributed by atoms with Gasteiger partial charge in [-0.15, -0.1) is 0 Å². The van der Waals surface area contributed by atoms with Gasteiger partial charge in [0.25, 0.3) is 0 Å². The number of aromatic nitrogens is 4. The number of hydrogen-bond acceptors (Lipinski definition) is 1. The first-order valence-electron chi connectivity index (χ1n) is 6.27. The van der Waals surface area contributed by atoms with Gasteiger partial charge in [-0.2, -0.15) is 0 Å². The quantitative estimate of drug-likeness (QED) is 0.509. The van der Waals surface area contributed by atoms with Crippen LogP contribution >= 0.6 is 0 Å². The van der Waals surface area contributed by atoms with E-state index in [0.29, 0.717) is 13.2 Å². The Morgan fingerprint density at radius 2 is 1.37 bits per heavy atom. The van der Waals surface area contributed by atoms with Crippen LogP contribution < -0.4 is 9.13 Å². The van der Waals surface area contributed by atoms with Crippen LogP contribution in [0.5, 0.6) is 0 Å². The average molecular weight is 260 g/mol. The molecule has 0 N–H and O–H groups in total. The molecule has 0 radical (unpaired) electrons. The van der Waals surface area contributed by atoms with Crippen LogP contribution in [0.25, 0.3) is 12.4 Å². The van der Waals surface area contributed by atoms with Crippen molar-refractivity contribution in [3.05, 3.63) is 50.6 Å². The Labute approximate surface area is 113 Å². The largest absolute Gasteiger partial charge is 0.373 e. The molecule has 5 nitrogen and oxygen atoms in total. The Hall–Kier alpha value is -2.14. The van der Waals surface area contributed by atoms with Crippen molar-refractivity contribution in [3.63, 3.8) is 0 Å². The molecule has 0 aliphatic rings. The number of hydrogen-bond donors (Lipinski definition) is 0. The minimum absolute atomic E-state index is 0.703. The molecule has 0 spiro atoms. The average Bonchev–Trinajstić information content (AvgIpc) is 3.06. The Balaban J connectivity index is 1.64. The van der Waals surface area contributed by atoms with Crippen molar-refractivity contribution >= 4 is 12.4 Å². The van der Waals surface area contributed by atoms with Crippen molar-refractivity contribution in [2.45, 2.75) is 13.1 Å². The van der Waals surface area contributed by atoms with Crippen molar-refractivity contribution in [1.82, 2.24) is 9.13 Å². The molecule has 0 aliphatic heterocycles. The maximum absolute atomic E-state index is 5.62. The Morgan fingerprint density at radius 1 is 0.895 bits per heavy atom. The van der Waals surface area contributed by atoms with E-state index >= 15 is 0 Å². The van der Waals surface area contributed by atoms with E-state index in [4.69, 9.17) is 4.74 Å². The van der Waals surface area contributed by atoms with Gasteiger partial charge in [-0.05, 0) is 0 Å². The molecule has 0 saturated heterocycles. The molecular formula is C14H20N4O+2. The monoisotopic (exact) mass is 260 g/mol. The van der Waals surface area contributed by atoms with Crippen LogP contribution in [-0.2, 0) is 17.8 Å². The number of rotatable bonds is 8. The molecular weight excluding hydrogens is 240 g/mol. The van der Waals surface area contributed by atoms with Gasteiger partial charge in [0.15, 0.2) is 0 Å². The van der Waals surface area contributed by atoms with E-state index in [1.165, 1.54) is 0 Å². The van der Waals surface area contributed by atoms with Gasteiger partial charge in [-0.25, -0.2) is 18.3 Å². The third-order valence-corrected chi connectivity index (χ3v) is 2.83. The van der Waals surface area contributed by atoms with Crippen LogP contribution in [0.4, 0.5) is 0 Å². The standard InChI is InChI=1S/C14H20N4O/c1-3-15-5-7-17(13-15)9-11-19-12-10-18-8-6-16(4-2)14-18/h3-8,13-14H,1-2,9-12H2/q+2. The molecule has 0 atom stereocenters. The molecule has 2 aromatic heterocycles. The summed E-state index contributed by atoms with van der Waals surface area (Å²) in [4.78, 5) is 0. The van der Waals surface area contributed by atoms with Gasteiger partial charge in [0.05, 0.1) is 25.6 Å². The van der Waals surface area contributed by atoms with Crippen molar-refractivity contribution in [3.8, 4) is 0 Å². The number of ether oxygens (including phenoxy) is 1. The highest BCUT2D eigenvalue weighted by Gasteiger charge is 2.02. The molecule has 0 amide bonds. The van der Waals surface area contributed by atoms with Crippen LogP contribution in [-0.4, -0.2) is 22.3 Å². The summed E-state index contributed by atoms with van der Waals surface area (Å²) >= 11 is 0. The summed E-state index contributed by atoms with van der Waals surface area (Å²) in [6.45, 7) is 10.5. The predicted molar refractivity (Wildman–Crippen MR) is 72.8 cm³/mol. The van der Waals surface area contributed by atoms with E-state index in [0.717, 1.165) is 13.1 Å². The van der Waals surface area contributed by atoms with Crippen LogP contribution in [0.2, 0.25) is 0 Å². The summed E-state index contributed by atoms with van der Waals surface area (Å²) < 4.78 is 13.6. The zero-order valence-corrected chi connectivity index (χ0v) is 11.1. The number of imidazole rings is 2. The van der Waals surface area contributed by atoms with E-state index in [1.807, 2.05) is 46.6 Å². The van der Waals surface area contributed by atoms with E-state index < -0.39 is 0 Å². The highest BCUT2D eigenvalue weighted by Crippen LogP contribution is 1.85.